The number of nitrogens with zero attached hydrogens (tertiary/aromatic N) is 5. The van der Waals surface area contributed by atoms with E-state index in [9.17, 15) is 4.39 Å². The van der Waals surface area contributed by atoms with E-state index in [0.717, 1.165) is 46.3 Å². The van der Waals surface area contributed by atoms with Gasteiger partial charge in [0, 0.05) is 11.7 Å². The van der Waals surface area contributed by atoms with Crippen LogP contribution in [0.25, 0.3) is 28.1 Å². The summed E-state index contributed by atoms with van der Waals surface area (Å²) in [7, 11) is 1.66. The van der Waals surface area contributed by atoms with Crippen molar-refractivity contribution in [3.05, 3.63) is 84.4 Å². The minimum absolute atomic E-state index is 0.283. The number of benzene rings is 3. The standard InChI is InChI=1S/C26H22FN5OS/c1-33-19-14-12-17(13-15-19)31-23-9-5-4-8-22(23)28-24(31)16-34-26-30-29-25(32(26)18-10-11-18)20-6-2-3-7-21(20)27/h2-9,12-15,18H,10-11,16H2,1H3. The molecular formula is C26H22FN5OS. The molecule has 2 aromatic heterocycles. The van der Waals surface area contributed by atoms with E-state index in [4.69, 9.17) is 9.72 Å². The molecule has 0 saturated heterocycles. The third-order valence-electron chi connectivity index (χ3n) is 5.98. The fourth-order valence-electron chi connectivity index (χ4n) is 4.18. The fourth-order valence-corrected chi connectivity index (χ4v) is 5.11. The second-order valence-electron chi connectivity index (χ2n) is 8.23. The monoisotopic (exact) mass is 471 g/mol. The van der Waals surface area contributed by atoms with Crippen LogP contribution in [-0.4, -0.2) is 31.4 Å². The lowest BCUT2D eigenvalue weighted by Crippen LogP contribution is -2.03. The van der Waals surface area contributed by atoms with Gasteiger partial charge in [-0.15, -0.1) is 10.2 Å². The Bertz CT molecular complexity index is 1470. The molecule has 0 bridgehead atoms. The quantitative estimate of drug-likeness (QED) is 0.270. The molecule has 170 valence electrons. The average Bonchev–Trinajstić information content (AvgIpc) is 3.52. The number of hydrogen-bond acceptors (Lipinski definition) is 5. The number of para-hydroxylation sites is 2. The van der Waals surface area contributed by atoms with Gasteiger partial charge in [0.1, 0.15) is 17.4 Å². The Morgan fingerprint density at radius 1 is 0.971 bits per heavy atom. The summed E-state index contributed by atoms with van der Waals surface area (Å²) >= 11 is 1.58. The maximum Gasteiger partial charge on any atom is 0.192 e. The molecule has 0 aliphatic heterocycles. The number of methoxy groups -OCH3 is 1. The van der Waals surface area contributed by atoms with Crippen LogP contribution >= 0.6 is 11.8 Å². The second-order valence-corrected chi connectivity index (χ2v) is 9.17. The van der Waals surface area contributed by atoms with Crippen LogP contribution in [0.15, 0.2) is 78.0 Å². The van der Waals surface area contributed by atoms with Crippen LogP contribution in [0.2, 0.25) is 0 Å². The zero-order valence-electron chi connectivity index (χ0n) is 18.6. The minimum Gasteiger partial charge on any atom is -0.497 e. The summed E-state index contributed by atoms with van der Waals surface area (Å²) in [5, 5.41) is 9.61. The van der Waals surface area contributed by atoms with Crippen LogP contribution in [0.1, 0.15) is 24.7 Å². The highest BCUT2D eigenvalue weighted by atomic mass is 32.2. The Morgan fingerprint density at radius 2 is 1.74 bits per heavy atom. The van der Waals surface area contributed by atoms with Crippen molar-refractivity contribution < 1.29 is 9.13 Å². The Kier molecular flexibility index (Phi) is 5.30. The molecule has 0 N–H and O–H groups in total. The molecule has 1 saturated carbocycles. The zero-order valence-corrected chi connectivity index (χ0v) is 19.4. The summed E-state index contributed by atoms with van der Waals surface area (Å²) in [6.45, 7) is 0. The third kappa shape index (κ3) is 3.74. The van der Waals surface area contributed by atoms with Crippen molar-refractivity contribution in [3.63, 3.8) is 0 Å². The minimum atomic E-state index is -0.283. The van der Waals surface area contributed by atoms with Crippen LogP contribution < -0.4 is 4.74 Å². The van der Waals surface area contributed by atoms with E-state index in [1.807, 2.05) is 48.5 Å². The van der Waals surface area contributed by atoms with Crippen LogP contribution in [0.4, 0.5) is 4.39 Å². The van der Waals surface area contributed by atoms with E-state index < -0.39 is 0 Å². The highest BCUT2D eigenvalue weighted by molar-refractivity contribution is 7.98. The first-order chi connectivity index (χ1) is 16.7. The highest BCUT2D eigenvalue weighted by Gasteiger charge is 2.31. The maximum absolute atomic E-state index is 14.5. The molecule has 1 aliphatic rings. The van der Waals surface area contributed by atoms with Crippen LogP contribution in [0.5, 0.6) is 5.75 Å². The first-order valence-corrected chi connectivity index (χ1v) is 12.1. The van der Waals surface area contributed by atoms with Crippen LogP contribution in [0, 0.1) is 5.82 Å². The number of ether oxygens (including phenoxy) is 1. The SMILES string of the molecule is COc1ccc(-n2c(CSc3nnc(-c4ccccc4F)n3C3CC3)nc3ccccc32)cc1. The molecule has 5 aromatic rings. The summed E-state index contributed by atoms with van der Waals surface area (Å²) in [5.41, 5.74) is 3.48. The lowest BCUT2D eigenvalue weighted by Gasteiger charge is -2.11. The van der Waals surface area contributed by atoms with Crippen molar-refractivity contribution in [2.24, 2.45) is 0 Å². The normalized spacial score (nSPS) is 13.5. The molecule has 6 nitrogen and oxygen atoms in total. The van der Waals surface area contributed by atoms with Gasteiger partial charge in [0.25, 0.3) is 0 Å². The van der Waals surface area contributed by atoms with Crippen molar-refractivity contribution in [3.8, 4) is 22.8 Å². The maximum atomic E-state index is 14.5. The summed E-state index contributed by atoms with van der Waals surface area (Å²) < 4.78 is 24.1. The molecule has 0 unspecified atom stereocenters. The molecule has 2 heterocycles. The van der Waals surface area contributed by atoms with E-state index in [2.05, 4.69) is 25.4 Å². The van der Waals surface area contributed by atoms with E-state index in [-0.39, 0.29) is 5.82 Å². The summed E-state index contributed by atoms with van der Waals surface area (Å²) in [6, 6.07) is 23.1. The summed E-state index contributed by atoms with van der Waals surface area (Å²) in [5.74, 6) is 2.63. The van der Waals surface area contributed by atoms with E-state index in [1.165, 1.54) is 6.07 Å². The Hall–Kier alpha value is -3.65. The van der Waals surface area contributed by atoms with Gasteiger partial charge in [-0.2, -0.15) is 0 Å². The van der Waals surface area contributed by atoms with E-state index >= 15 is 0 Å². The van der Waals surface area contributed by atoms with Gasteiger partial charge in [0.15, 0.2) is 11.0 Å². The largest absolute Gasteiger partial charge is 0.497 e. The smallest absolute Gasteiger partial charge is 0.192 e. The van der Waals surface area contributed by atoms with Gasteiger partial charge in [0.2, 0.25) is 0 Å². The Balaban J connectivity index is 1.37. The molecule has 1 fully saturated rings. The van der Waals surface area contributed by atoms with Gasteiger partial charge < -0.3 is 4.74 Å². The lowest BCUT2D eigenvalue weighted by atomic mass is 10.2. The Morgan fingerprint density at radius 3 is 2.50 bits per heavy atom. The van der Waals surface area contributed by atoms with E-state index in [0.29, 0.717) is 23.2 Å². The Labute approximate surface area is 200 Å². The van der Waals surface area contributed by atoms with Gasteiger partial charge in [-0.1, -0.05) is 36.0 Å². The number of fused-ring (bicyclic) bond motifs is 1. The molecule has 1 aliphatic carbocycles. The molecule has 8 heteroatoms. The number of thioether (sulfide) groups is 1. The number of hydrogen-bond donors (Lipinski definition) is 0. The van der Waals surface area contributed by atoms with Crippen molar-refractivity contribution in [2.75, 3.05) is 7.11 Å². The molecule has 0 atom stereocenters. The molecule has 0 amide bonds. The number of imidazole rings is 1. The average molecular weight is 472 g/mol. The number of aromatic nitrogens is 5. The topological polar surface area (TPSA) is 57.8 Å². The van der Waals surface area contributed by atoms with Crippen LogP contribution in [-0.2, 0) is 5.75 Å². The predicted molar refractivity (Wildman–Crippen MR) is 131 cm³/mol. The van der Waals surface area contributed by atoms with Crippen molar-refractivity contribution in [1.29, 1.82) is 0 Å². The van der Waals surface area contributed by atoms with Gasteiger partial charge in [0.05, 0.1) is 29.5 Å². The zero-order chi connectivity index (χ0) is 23.1. The van der Waals surface area contributed by atoms with Gasteiger partial charge in [-0.05, 0) is 61.4 Å². The van der Waals surface area contributed by atoms with Gasteiger partial charge in [-0.25, -0.2) is 9.37 Å². The first kappa shape index (κ1) is 20.9. The lowest BCUT2D eigenvalue weighted by molar-refractivity contribution is 0.414. The van der Waals surface area contributed by atoms with Crippen LogP contribution in [0.3, 0.4) is 0 Å². The third-order valence-corrected chi connectivity index (χ3v) is 6.92. The molecule has 34 heavy (non-hydrogen) atoms. The van der Waals surface area contributed by atoms with Crippen molar-refractivity contribution >= 4 is 22.8 Å². The van der Waals surface area contributed by atoms with Gasteiger partial charge in [-0.3, -0.25) is 9.13 Å². The molecular weight excluding hydrogens is 449 g/mol. The van der Waals surface area contributed by atoms with E-state index in [1.54, 1.807) is 31.0 Å². The summed E-state index contributed by atoms with van der Waals surface area (Å²) in [6.07, 6.45) is 2.11. The predicted octanol–water partition coefficient (Wildman–Crippen LogP) is 6.06. The number of rotatable bonds is 7. The molecule has 0 radical (unpaired) electrons. The molecule has 0 spiro atoms. The molecule has 6 rings (SSSR count). The van der Waals surface area contributed by atoms with Crippen molar-refractivity contribution in [2.45, 2.75) is 29.8 Å². The summed E-state index contributed by atoms with van der Waals surface area (Å²) in [4.78, 5) is 4.91. The van der Waals surface area contributed by atoms with Crippen molar-refractivity contribution in [1.82, 2.24) is 24.3 Å². The number of halogens is 1. The van der Waals surface area contributed by atoms with Gasteiger partial charge >= 0.3 is 0 Å². The highest BCUT2D eigenvalue weighted by Crippen LogP contribution is 2.42. The fraction of sp³-hybridized carbons (Fsp3) is 0.192. The molecule has 3 aromatic carbocycles. The first-order valence-electron chi connectivity index (χ1n) is 11.2. The second kappa shape index (κ2) is 8.61.